The van der Waals surface area contributed by atoms with Gasteiger partial charge in [-0.25, -0.2) is 5.43 Å². The monoisotopic (exact) mass is 422 g/mol. The second-order valence-electron chi connectivity index (χ2n) is 7.90. The Morgan fingerprint density at radius 2 is 1.62 bits per heavy atom. The highest BCUT2D eigenvalue weighted by molar-refractivity contribution is 6.11. The first-order valence-electron chi connectivity index (χ1n) is 10.7. The van der Waals surface area contributed by atoms with Gasteiger partial charge in [0, 0.05) is 5.56 Å². The zero-order valence-corrected chi connectivity index (χ0v) is 18.3. The largest absolute Gasteiger partial charge is 0.268 e. The van der Waals surface area contributed by atoms with Gasteiger partial charge in [0.2, 0.25) is 0 Å². The van der Waals surface area contributed by atoms with Crippen molar-refractivity contribution < 1.29 is 0 Å². The smallest absolute Gasteiger partial charge is 0.243 e. The lowest BCUT2D eigenvalue weighted by Gasteiger charge is -2.06. The van der Waals surface area contributed by atoms with Crippen molar-refractivity contribution in [3.8, 4) is 5.69 Å². The van der Waals surface area contributed by atoms with E-state index in [-0.39, 0.29) is 0 Å². The Morgan fingerprint density at radius 3 is 2.31 bits per heavy atom. The molecule has 0 atom stereocenters. The van der Waals surface area contributed by atoms with Gasteiger partial charge in [-0.05, 0) is 52.1 Å². The first kappa shape index (κ1) is 21.2. The van der Waals surface area contributed by atoms with Gasteiger partial charge in [0.05, 0.1) is 11.4 Å². The summed E-state index contributed by atoms with van der Waals surface area (Å²) in [5.74, 6) is 1.09. The fourth-order valence-electron chi connectivity index (χ4n) is 3.33. The van der Waals surface area contributed by atoms with Gasteiger partial charge in [0.1, 0.15) is 0 Å². The molecule has 6 heteroatoms. The van der Waals surface area contributed by atoms with Crippen molar-refractivity contribution in [1.29, 1.82) is 0 Å². The van der Waals surface area contributed by atoms with Crippen molar-refractivity contribution in [3.63, 3.8) is 0 Å². The minimum atomic E-state index is 0.441. The van der Waals surface area contributed by atoms with E-state index in [9.17, 15) is 0 Å². The van der Waals surface area contributed by atoms with E-state index < -0.39 is 0 Å². The van der Waals surface area contributed by atoms with Crippen LogP contribution in [0.2, 0.25) is 0 Å². The van der Waals surface area contributed by atoms with Gasteiger partial charge in [0.15, 0.2) is 0 Å². The third kappa shape index (κ3) is 5.55. The molecule has 1 N–H and O–H groups in total. The highest BCUT2D eigenvalue weighted by Gasteiger charge is 2.08. The predicted molar refractivity (Wildman–Crippen MR) is 130 cm³/mol. The van der Waals surface area contributed by atoms with Gasteiger partial charge < -0.3 is 0 Å². The van der Waals surface area contributed by atoms with Crippen LogP contribution in [0.5, 0.6) is 0 Å². The Kier molecular flexibility index (Phi) is 6.82. The lowest BCUT2D eigenvalue weighted by Crippen LogP contribution is -2.06. The van der Waals surface area contributed by atoms with Crippen LogP contribution >= 0.6 is 0 Å². The molecule has 1 heterocycles. The summed E-state index contributed by atoms with van der Waals surface area (Å²) < 4.78 is 1.61. The fraction of sp³-hybridized carbons (Fsp3) is 0.154. The lowest BCUT2D eigenvalue weighted by atomic mass is 10.0. The van der Waals surface area contributed by atoms with E-state index in [0.29, 0.717) is 11.9 Å². The maximum atomic E-state index is 4.61. The second kappa shape index (κ2) is 10.3. The van der Waals surface area contributed by atoms with E-state index in [4.69, 9.17) is 0 Å². The van der Waals surface area contributed by atoms with E-state index in [1.54, 1.807) is 4.68 Å². The van der Waals surface area contributed by atoms with E-state index >= 15 is 0 Å². The summed E-state index contributed by atoms with van der Waals surface area (Å²) in [6.45, 7) is 4.47. The zero-order valence-electron chi connectivity index (χ0n) is 18.3. The van der Waals surface area contributed by atoms with Crippen LogP contribution in [0.1, 0.15) is 30.5 Å². The number of rotatable bonds is 8. The molecule has 4 aromatic rings. The van der Waals surface area contributed by atoms with Crippen LogP contribution in [0, 0.1) is 5.92 Å². The Labute approximate surface area is 188 Å². The summed E-state index contributed by atoms with van der Waals surface area (Å²) >= 11 is 0. The zero-order chi connectivity index (χ0) is 22.2. The molecule has 160 valence electrons. The molecule has 0 aliphatic carbocycles. The maximum Gasteiger partial charge on any atom is 0.268 e. The standard InChI is InChI=1S/C26H26N6/c1-20(2)19-22-15-13-21(14-16-22)17-18-25(23-9-5-3-6-10-23)27-28-26-29-30-31-32(26)24-11-7-4-8-12-24/h3-18,20H,19H2,1-2H3,(H,28,29,31)/b18-17+,27-25+. The molecular weight excluding hydrogens is 396 g/mol. The number of para-hydroxylation sites is 1. The molecule has 0 aliphatic rings. The summed E-state index contributed by atoms with van der Waals surface area (Å²) in [5.41, 5.74) is 8.12. The first-order valence-corrected chi connectivity index (χ1v) is 10.7. The van der Waals surface area contributed by atoms with Crippen LogP contribution in [0.3, 0.4) is 0 Å². The Hall–Kier alpha value is -4.06. The molecule has 0 spiro atoms. The summed E-state index contributed by atoms with van der Waals surface area (Å²) in [7, 11) is 0. The van der Waals surface area contributed by atoms with Crippen molar-refractivity contribution in [1.82, 2.24) is 20.2 Å². The number of hydrazone groups is 1. The lowest BCUT2D eigenvalue weighted by molar-refractivity contribution is 0.647. The third-order valence-corrected chi connectivity index (χ3v) is 4.87. The average Bonchev–Trinajstić information content (AvgIpc) is 3.29. The molecule has 0 radical (unpaired) electrons. The molecule has 1 aromatic heterocycles. The van der Waals surface area contributed by atoms with Gasteiger partial charge in [-0.3, -0.25) is 0 Å². The Morgan fingerprint density at radius 1 is 0.938 bits per heavy atom. The first-order chi connectivity index (χ1) is 15.7. The van der Waals surface area contributed by atoms with E-state index in [2.05, 4.69) is 70.2 Å². The van der Waals surface area contributed by atoms with Crippen LogP contribution in [0.25, 0.3) is 11.8 Å². The number of nitrogens with one attached hydrogen (secondary N) is 1. The molecule has 0 fully saturated rings. The summed E-state index contributed by atoms with van der Waals surface area (Å²) in [4.78, 5) is 0. The van der Waals surface area contributed by atoms with E-state index in [1.807, 2.05) is 66.7 Å². The molecule has 32 heavy (non-hydrogen) atoms. The molecule has 0 saturated heterocycles. The van der Waals surface area contributed by atoms with Crippen LogP contribution in [-0.4, -0.2) is 25.9 Å². The van der Waals surface area contributed by atoms with Gasteiger partial charge in [0.25, 0.3) is 5.95 Å². The van der Waals surface area contributed by atoms with Crippen LogP contribution in [0.15, 0.2) is 96.1 Å². The number of nitrogens with zero attached hydrogens (tertiary/aromatic N) is 5. The van der Waals surface area contributed by atoms with Gasteiger partial charge in [-0.15, -0.1) is 0 Å². The number of hydrogen-bond donors (Lipinski definition) is 1. The highest BCUT2D eigenvalue weighted by atomic mass is 15.6. The normalized spacial score (nSPS) is 11.9. The van der Waals surface area contributed by atoms with Crippen molar-refractivity contribution in [2.24, 2.45) is 11.0 Å². The molecule has 3 aromatic carbocycles. The van der Waals surface area contributed by atoms with E-state index in [1.165, 1.54) is 5.56 Å². The number of allylic oxidation sites excluding steroid dienone is 1. The summed E-state index contributed by atoms with van der Waals surface area (Å²) in [5, 5.41) is 16.5. The number of anilines is 1. The maximum absolute atomic E-state index is 4.61. The summed E-state index contributed by atoms with van der Waals surface area (Å²) in [6, 6.07) is 28.4. The van der Waals surface area contributed by atoms with Crippen molar-refractivity contribution in [2.45, 2.75) is 20.3 Å². The molecule has 4 rings (SSSR count). The predicted octanol–water partition coefficient (Wildman–Crippen LogP) is 5.39. The quantitative estimate of drug-likeness (QED) is 0.305. The van der Waals surface area contributed by atoms with E-state index in [0.717, 1.165) is 28.9 Å². The van der Waals surface area contributed by atoms with Crippen molar-refractivity contribution >= 4 is 17.7 Å². The molecule has 0 bridgehead atoms. The minimum absolute atomic E-state index is 0.441. The van der Waals surface area contributed by atoms with Gasteiger partial charge in [-0.1, -0.05) is 97.8 Å². The van der Waals surface area contributed by atoms with Crippen LogP contribution < -0.4 is 5.43 Å². The van der Waals surface area contributed by atoms with Crippen LogP contribution in [0.4, 0.5) is 5.95 Å². The Bertz CT molecular complexity index is 1180. The van der Waals surface area contributed by atoms with Gasteiger partial charge >= 0.3 is 0 Å². The average molecular weight is 423 g/mol. The SMILES string of the molecule is CC(C)Cc1ccc(/C=C/C(=N\Nc2nnnn2-c2ccccc2)c2ccccc2)cc1. The van der Waals surface area contributed by atoms with Gasteiger partial charge in [-0.2, -0.15) is 9.78 Å². The highest BCUT2D eigenvalue weighted by Crippen LogP contribution is 2.14. The molecule has 0 unspecified atom stereocenters. The van der Waals surface area contributed by atoms with Crippen molar-refractivity contribution in [3.05, 3.63) is 108 Å². The molecule has 0 aliphatic heterocycles. The minimum Gasteiger partial charge on any atom is -0.243 e. The summed E-state index contributed by atoms with van der Waals surface area (Å²) in [6.07, 6.45) is 5.14. The number of tetrazole rings is 1. The number of aromatic nitrogens is 4. The molecule has 6 nitrogen and oxygen atoms in total. The topological polar surface area (TPSA) is 68.0 Å². The molecule has 0 amide bonds. The van der Waals surface area contributed by atoms with Crippen LogP contribution in [-0.2, 0) is 6.42 Å². The second-order valence-corrected chi connectivity index (χ2v) is 7.90. The molecular formula is C26H26N6. The fourth-order valence-corrected chi connectivity index (χ4v) is 3.33. The third-order valence-electron chi connectivity index (χ3n) is 4.87. The van der Waals surface area contributed by atoms with Crippen molar-refractivity contribution in [2.75, 3.05) is 5.43 Å². The number of benzene rings is 3. The molecule has 0 saturated carbocycles. The Balaban J connectivity index is 1.58. The number of hydrogen-bond acceptors (Lipinski definition) is 5.